The Balaban J connectivity index is 1.60. The van der Waals surface area contributed by atoms with Crippen LogP contribution in [-0.4, -0.2) is 51.2 Å². The third-order valence-electron chi connectivity index (χ3n) is 4.42. The number of hydrogen-bond acceptors (Lipinski definition) is 8. The predicted octanol–water partition coefficient (Wildman–Crippen LogP) is 2.70. The van der Waals surface area contributed by atoms with Crippen LogP contribution in [0.25, 0.3) is 16.9 Å². The number of aromatic nitrogens is 5. The van der Waals surface area contributed by atoms with E-state index in [1.54, 1.807) is 42.2 Å². The third kappa shape index (κ3) is 4.22. The van der Waals surface area contributed by atoms with Gasteiger partial charge in [0, 0.05) is 18.3 Å². The van der Waals surface area contributed by atoms with E-state index < -0.39 is 0 Å². The number of carbonyl (C=O) groups excluding carboxylic acids is 1. The summed E-state index contributed by atoms with van der Waals surface area (Å²) in [5, 5.41) is 10.4. The van der Waals surface area contributed by atoms with Crippen molar-refractivity contribution in [1.29, 1.82) is 0 Å². The van der Waals surface area contributed by atoms with E-state index in [-0.39, 0.29) is 5.91 Å². The molecule has 4 rings (SSSR count). The minimum atomic E-state index is -0.226. The zero-order chi connectivity index (χ0) is 21.8. The van der Waals surface area contributed by atoms with Crippen molar-refractivity contribution < 1.29 is 14.3 Å². The fourth-order valence-electron chi connectivity index (χ4n) is 2.98. The number of methoxy groups -OCH3 is 2. The quantitative estimate of drug-likeness (QED) is 0.470. The Hall–Kier alpha value is -4.21. The molecule has 10 nitrogen and oxygen atoms in total. The Labute approximate surface area is 178 Å². The van der Waals surface area contributed by atoms with Crippen LogP contribution in [0.15, 0.2) is 48.8 Å². The van der Waals surface area contributed by atoms with E-state index in [1.807, 2.05) is 25.1 Å². The average Bonchev–Trinajstić information content (AvgIpc) is 3.20. The maximum absolute atomic E-state index is 12.0. The van der Waals surface area contributed by atoms with Crippen LogP contribution in [0, 0.1) is 0 Å². The van der Waals surface area contributed by atoms with Crippen LogP contribution in [0.2, 0.25) is 0 Å². The van der Waals surface area contributed by atoms with Gasteiger partial charge in [-0.05, 0) is 37.3 Å². The lowest BCUT2D eigenvalue weighted by molar-refractivity contribution is 0.0951. The van der Waals surface area contributed by atoms with E-state index in [1.165, 1.54) is 7.11 Å². The minimum Gasteiger partial charge on any atom is -0.491 e. The number of rotatable bonds is 7. The topological polar surface area (TPSA) is 116 Å². The Bertz CT molecular complexity index is 1240. The van der Waals surface area contributed by atoms with Crippen molar-refractivity contribution in [2.75, 3.05) is 26.1 Å². The fourth-order valence-corrected chi connectivity index (χ4v) is 2.98. The lowest BCUT2D eigenvalue weighted by Crippen LogP contribution is -2.23. The lowest BCUT2D eigenvalue weighted by atomic mass is 10.2. The van der Waals surface area contributed by atoms with Crippen molar-refractivity contribution in [2.45, 2.75) is 6.92 Å². The molecule has 0 aliphatic carbocycles. The number of fused-ring (bicyclic) bond motifs is 1. The van der Waals surface area contributed by atoms with Crippen molar-refractivity contribution in [3.63, 3.8) is 0 Å². The smallest absolute Gasteiger partial charge is 0.269 e. The maximum Gasteiger partial charge on any atom is 0.269 e. The zero-order valence-electron chi connectivity index (χ0n) is 17.3. The van der Waals surface area contributed by atoms with Crippen molar-refractivity contribution in [1.82, 2.24) is 29.9 Å². The predicted molar refractivity (Wildman–Crippen MR) is 115 cm³/mol. The number of nitrogens with zero attached hydrogens (tertiary/aromatic N) is 5. The summed E-state index contributed by atoms with van der Waals surface area (Å²) in [5.41, 5.74) is 2.46. The molecule has 0 fully saturated rings. The number of carbonyl (C=O) groups is 1. The molecule has 4 aromatic heterocycles. The highest BCUT2D eigenvalue weighted by molar-refractivity contribution is 5.92. The maximum atomic E-state index is 12.0. The van der Waals surface area contributed by atoms with Gasteiger partial charge < -0.3 is 20.1 Å². The molecule has 0 saturated carbocycles. The van der Waals surface area contributed by atoms with Crippen molar-refractivity contribution >= 4 is 23.2 Å². The Kier molecular flexibility index (Phi) is 5.61. The molecule has 0 unspecified atom stereocenters. The summed E-state index contributed by atoms with van der Waals surface area (Å²) in [4.78, 5) is 25.1. The number of ether oxygens (including phenoxy) is 2. The SMILES string of the molecule is CCNC(=O)c1cccc(Nc2cn3nc(-c4cnc(OC)c(OC)c4)ccc3n2)n1. The number of anilines is 2. The average molecular weight is 419 g/mol. The molecule has 4 heterocycles. The van der Waals surface area contributed by atoms with Crippen LogP contribution in [0.3, 0.4) is 0 Å². The van der Waals surface area contributed by atoms with Gasteiger partial charge in [0.15, 0.2) is 17.2 Å². The molecule has 4 aromatic rings. The van der Waals surface area contributed by atoms with Gasteiger partial charge in [0.05, 0.1) is 26.1 Å². The summed E-state index contributed by atoms with van der Waals surface area (Å²) in [6, 6.07) is 10.7. The molecule has 0 saturated heterocycles. The second-order valence-corrected chi connectivity index (χ2v) is 6.48. The van der Waals surface area contributed by atoms with Gasteiger partial charge in [-0.25, -0.2) is 19.5 Å². The van der Waals surface area contributed by atoms with E-state index in [9.17, 15) is 4.79 Å². The molecule has 1 amide bonds. The monoisotopic (exact) mass is 419 g/mol. The van der Waals surface area contributed by atoms with E-state index >= 15 is 0 Å². The number of amides is 1. The second-order valence-electron chi connectivity index (χ2n) is 6.48. The molecule has 0 spiro atoms. The summed E-state index contributed by atoms with van der Waals surface area (Å²) in [6.45, 7) is 2.39. The molecule has 0 bridgehead atoms. The summed E-state index contributed by atoms with van der Waals surface area (Å²) >= 11 is 0. The van der Waals surface area contributed by atoms with Gasteiger partial charge in [-0.3, -0.25) is 4.79 Å². The first kappa shape index (κ1) is 20.1. The van der Waals surface area contributed by atoms with Gasteiger partial charge in [-0.1, -0.05) is 6.07 Å². The first-order valence-electron chi connectivity index (χ1n) is 9.58. The molecule has 0 atom stereocenters. The summed E-state index contributed by atoms with van der Waals surface area (Å²) in [7, 11) is 3.10. The van der Waals surface area contributed by atoms with E-state index in [0.29, 0.717) is 46.8 Å². The van der Waals surface area contributed by atoms with Crippen LogP contribution >= 0.6 is 0 Å². The molecule has 0 radical (unpaired) electrons. The van der Waals surface area contributed by atoms with Crippen molar-refractivity contribution in [3.8, 4) is 22.9 Å². The summed E-state index contributed by atoms with van der Waals surface area (Å²) in [6.07, 6.45) is 3.41. The first-order valence-corrected chi connectivity index (χ1v) is 9.58. The number of nitrogens with one attached hydrogen (secondary N) is 2. The highest BCUT2D eigenvalue weighted by Crippen LogP contribution is 2.29. The number of pyridine rings is 2. The van der Waals surface area contributed by atoms with Crippen LogP contribution in [0.1, 0.15) is 17.4 Å². The summed E-state index contributed by atoms with van der Waals surface area (Å²) < 4.78 is 12.2. The van der Waals surface area contributed by atoms with Crippen LogP contribution < -0.4 is 20.1 Å². The molecule has 158 valence electrons. The minimum absolute atomic E-state index is 0.226. The number of imidazole rings is 1. The molecule has 2 N–H and O–H groups in total. The highest BCUT2D eigenvalue weighted by Gasteiger charge is 2.11. The molecule has 0 aromatic carbocycles. The van der Waals surface area contributed by atoms with Crippen LogP contribution in [0.4, 0.5) is 11.6 Å². The van der Waals surface area contributed by atoms with Gasteiger partial charge in [0.25, 0.3) is 11.8 Å². The van der Waals surface area contributed by atoms with E-state index in [4.69, 9.17) is 9.47 Å². The highest BCUT2D eigenvalue weighted by atomic mass is 16.5. The van der Waals surface area contributed by atoms with E-state index in [0.717, 1.165) is 5.56 Å². The second kappa shape index (κ2) is 8.66. The van der Waals surface area contributed by atoms with Crippen LogP contribution in [0.5, 0.6) is 11.6 Å². The molecule has 0 aliphatic rings. The largest absolute Gasteiger partial charge is 0.491 e. The molecular formula is C21H21N7O3. The molecule has 0 aliphatic heterocycles. The number of hydrogen-bond donors (Lipinski definition) is 2. The van der Waals surface area contributed by atoms with Crippen molar-refractivity contribution in [3.05, 3.63) is 54.5 Å². The van der Waals surface area contributed by atoms with Gasteiger partial charge in [-0.15, -0.1) is 0 Å². The first-order chi connectivity index (χ1) is 15.1. The molecule has 31 heavy (non-hydrogen) atoms. The lowest BCUT2D eigenvalue weighted by Gasteiger charge is -2.08. The Morgan fingerprint density at radius 1 is 1.10 bits per heavy atom. The van der Waals surface area contributed by atoms with E-state index in [2.05, 4.69) is 30.7 Å². The standard InChI is InChI=1S/C21H21N7O3/c1-4-22-20(29)15-6-5-7-17(24-15)25-18-12-28-19(26-18)9-8-14(27-28)13-10-16(30-2)21(31-3)23-11-13/h5-12H,4H2,1-3H3,(H,22,29)(H,24,25). The zero-order valence-corrected chi connectivity index (χ0v) is 17.3. The third-order valence-corrected chi connectivity index (χ3v) is 4.42. The van der Waals surface area contributed by atoms with Gasteiger partial charge >= 0.3 is 0 Å². The molecule has 10 heteroatoms. The Morgan fingerprint density at radius 3 is 2.74 bits per heavy atom. The van der Waals surface area contributed by atoms with Crippen molar-refractivity contribution in [2.24, 2.45) is 0 Å². The summed E-state index contributed by atoms with van der Waals surface area (Å²) in [5.74, 6) is 1.76. The van der Waals surface area contributed by atoms with Gasteiger partial charge in [0.2, 0.25) is 0 Å². The normalized spacial score (nSPS) is 10.7. The van der Waals surface area contributed by atoms with Gasteiger partial charge in [0.1, 0.15) is 11.5 Å². The van der Waals surface area contributed by atoms with Gasteiger partial charge in [-0.2, -0.15) is 5.10 Å². The Morgan fingerprint density at radius 2 is 1.97 bits per heavy atom. The van der Waals surface area contributed by atoms with Crippen LogP contribution in [-0.2, 0) is 0 Å². The fraction of sp³-hybridized carbons (Fsp3) is 0.190. The molecular weight excluding hydrogens is 398 g/mol.